The zero-order valence-electron chi connectivity index (χ0n) is 9.27. The number of phenols is 1. The molecule has 0 atom stereocenters. The Bertz CT molecular complexity index is 280. The van der Waals surface area contributed by atoms with Crippen molar-refractivity contribution < 1.29 is 10.2 Å². The summed E-state index contributed by atoms with van der Waals surface area (Å²) in [5.74, 6) is 0.264. The zero-order valence-corrected chi connectivity index (χ0v) is 9.27. The minimum absolute atomic E-state index is 0.0972. The molecule has 0 heterocycles. The molecule has 15 heavy (non-hydrogen) atoms. The van der Waals surface area contributed by atoms with Crippen LogP contribution in [0.1, 0.15) is 19.4 Å². The largest absolute Gasteiger partial charge is 0.508 e. The lowest BCUT2D eigenvalue weighted by molar-refractivity contribution is 0.306. The lowest BCUT2D eigenvalue weighted by Crippen LogP contribution is -2.28. The van der Waals surface area contributed by atoms with Gasteiger partial charge in [-0.15, -0.1) is 0 Å². The molecule has 86 valence electrons. The Morgan fingerprint density at radius 2 is 1.73 bits per heavy atom. The van der Waals surface area contributed by atoms with Crippen LogP contribution in [0.25, 0.3) is 0 Å². The van der Waals surface area contributed by atoms with E-state index in [4.69, 9.17) is 16.6 Å². The van der Waals surface area contributed by atoms with Crippen molar-refractivity contribution in [2.24, 2.45) is 11.5 Å². The first kappa shape index (κ1) is 13.9. The van der Waals surface area contributed by atoms with E-state index < -0.39 is 5.54 Å². The molecule has 1 aromatic carbocycles. The van der Waals surface area contributed by atoms with Crippen LogP contribution in [0.15, 0.2) is 24.3 Å². The quantitative estimate of drug-likeness (QED) is 0.575. The highest BCUT2D eigenvalue weighted by Crippen LogP contribution is 2.25. The molecule has 4 heteroatoms. The average molecular weight is 212 g/mol. The van der Waals surface area contributed by atoms with Crippen LogP contribution >= 0.6 is 0 Å². The van der Waals surface area contributed by atoms with E-state index in [1.165, 1.54) is 0 Å². The van der Waals surface area contributed by atoms with Crippen molar-refractivity contribution in [3.05, 3.63) is 29.8 Å². The summed E-state index contributed by atoms with van der Waals surface area (Å²) in [4.78, 5) is 0. The number of phenolic OH excluding ortho intramolecular Hbond substituents is 1. The van der Waals surface area contributed by atoms with Gasteiger partial charge in [0.05, 0.1) is 6.61 Å². The van der Waals surface area contributed by atoms with Gasteiger partial charge >= 0.3 is 0 Å². The van der Waals surface area contributed by atoms with Crippen molar-refractivity contribution >= 4 is 0 Å². The van der Waals surface area contributed by atoms with Crippen LogP contribution in [0.4, 0.5) is 0 Å². The summed E-state index contributed by atoms with van der Waals surface area (Å²) in [7, 11) is 0. The number of benzene rings is 1. The molecular weight excluding hydrogens is 192 g/mol. The average Bonchev–Trinajstić information content (AvgIpc) is 2.17. The summed E-state index contributed by atoms with van der Waals surface area (Å²) in [5.41, 5.74) is 10.9. The highest BCUT2D eigenvalue weighted by molar-refractivity contribution is 5.36. The third-order valence-electron chi connectivity index (χ3n) is 1.73. The minimum Gasteiger partial charge on any atom is -0.508 e. The van der Waals surface area contributed by atoms with Gasteiger partial charge in [-0.1, -0.05) is 18.2 Å². The Labute approximate surface area is 90.5 Å². The highest BCUT2D eigenvalue weighted by Gasteiger charge is 2.16. The second-order valence-corrected chi connectivity index (χ2v) is 3.75. The maximum Gasteiger partial charge on any atom is 0.120 e. The Hall–Kier alpha value is -1.10. The number of hydrogen-bond acceptors (Lipinski definition) is 4. The molecule has 0 fully saturated rings. The van der Waals surface area contributed by atoms with Crippen LogP contribution in [-0.4, -0.2) is 23.4 Å². The molecule has 0 amide bonds. The van der Waals surface area contributed by atoms with Gasteiger partial charge in [0.2, 0.25) is 0 Å². The standard InChI is InChI=1S/C9H13NO.C2H7NO/c1-9(2,10)7-5-3-4-6-8(7)11;3-1-2-4/h3-6,11H,10H2,1-2H3;4H,1-3H2. The molecule has 0 radical (unpaired) electrons. The number of aliphatic hydroxyl groups excluding tert-OH is 1. The number of aromatic hydroxyl groups is 1. The molecule has 4 nitrogen and oxygen atoms in total. The fourth-order valence-corrected chi connectivity index (χ4v) is 1.02. The van der Waals surface area contributed by atoms with Crippen LogP contribution < -0.4 is 11.5 Å². The molecule has 1 aromatic rings. The smallest absolute Gasteiger partial charge is 0.120 e. The summed E-state index contributed by atoms with van der Waals surface area (Å²) in [6.07, 6.45) is 0. The van der Waals surface area contributed by atoms with Crippen molar-refractivity contribution in [2.75, 3.05) is 13.2 Å². The van der Waals surface area contributed by atoms with E-state index in [0.717, 1.165) is 5.56 Å². The Kier molecular flexibility index (Phi) is 5.93. The van der Waals surface area contributed by atoms with Crippen molar-refractivity contribution in [3.63, 3.8) is 0 Å². The van der Waals surface area contributed by atoms with Crippen molar-refractivity contribution in [1.29, 1.82) is 0 Å². The van der Waals surface area contributed by atoms with Crippen LogP contribution in [0, 0.1) is 0 Å². The molecule has 0 aliphatic carbocycles. The highest BCUT2D eigenvalue weighted by atomic mass is 16.3. The van der Waals surface area contributed by atoms with Gasteiger partial charge in [-0.3, -0.25) is 0 Å². The lowest BCUT2D eigenvalue weighted by Gasteiger charge is -2.19. The molecule has 1 rings (SSSR count). The van der Waals surface area contributed by atoms with E-state index in [1.807, 2.05) is 26.0 Å². The lowest BCUT2D eigenvalue weighted by atomic mass is 9.95. The van der Waals surface area contributed by atoms with Crippen LogP contribution in [0.3, 0.4) is 0 Å². The topological polar surface area (TPSA) is 92.5 Å². The number of nitrogens with two attached hydrogens (primary N) is 2. The molecule has 0 saturated heterocycles. The van der Waals surface area contributed by atoms with Crippen LogP contribution in [0.2, 0.25) is 0 Å². The molecule has 0 aliphatic heterocycles. The number of rotatable bonds is 2. The van der Waals surface area contributed by atoms with Gasteiger partial charge in [-0.25, -0.2) is 0 Å². The molecular formula is C11H20N2O2. The van der Waals surface area contributed by atoms with Gasteiger partial charge in [0.1, 0.15) is 5.75 Å². The molecule has 0 aromatic heterocycles. The molecule has 6 N–H and O–H groups in total. The fourth-order valence-electron chi connectivity index (χ4n) is 1.02. The normalized spacial score (nSPS) is 10.5. The first-order valence-corrected chi connectivity index (χ1v) is 4.81. The number of para-hydroxylation sites is 1. The number of aliphatic hydroxyl groups is 1. The Balaban J connectivity index is 0.000000423. The third-order valence-corrected chi connectivity index (χ3v) is 1.73. The van der Waals surface area contributed by atoms with E-state index in [-0.39, 0.29) is 12.4 Å². The van der Waals surface area contributed by atoms with Gasteiger partial charge in [0.25, 0.3) is 0 Å². The monoisotopic (exact) mass is 212 g/mol. The van der Waals surface area contributed by atoms with Crippen molar-refractivity contribution in [1.82, 2.24) is 0 Å². The second kappa shape index (κ2) is 6.40. The van der Waals surface area contributed by atoms with Gasteiger partial charge in [-0.05, 0) is 19.9 Å². The molecule has 0 saturated carbocycles. The Morgan fingerprint density at radius 3 is 2.00 bits per heavy atom. The van der Waals surface area contributed by atoms with Gasteiger partial charge in [0.15, 0.2) is 0 Å². The summed E-state index contributed by atoms with van der Waals surface area (Å²) in [6.45, 7) is 4.20. The summed E-state index contributed by atoms with van der Waals surface area (Å²) in [5, 5.41) is 17.1. The maximum absolute atomic E-state index is 9.37. The SMILES string of the molecule is CC(C)(N)c1ccccc1O.NCCO. The fraction of sp³-hybridized carbons (Fsp3) is 0.455. The van der Waals surface area contributed by atoms with Crippen LogP contribution in [-0.2, 0) is 5.54 Å². The van der Waals surface area contributed by atoms with Gasteiger partial charge in [-0.2, -0.15) is 0 Å². The predicted octanol–water partition coefficient (Wildman–Crippen LogP) is 0.523. The van der Waals surface area contributed by atoms with E-state index in [2.05, 4.69) is 0 Å². The van der Waals surface area contributed by atoms with E-state index in [9.17, 15) is 5.11 Å². The first-order chi connectivity index (χ1) is 6.93. The predicted molar refractivity (Wildman–Crippen MR) is 61.5 cm³/mol. The van der Waals surface area contributed by atoms with Gasteiger partial charge in [0, 0.05) is 17.6 Å². The molecule has 0 aliphatic rings. The number of hydrogen-bond donors (Lipinski definition) is 4. The summed E-state index contributed by atoms with van der Waals surface area (Å²) >= 11 is 0. The third kappa shape index (κ3) is 5.37. The molecule has 0 unspecified atom stereocenters. The summed E-state index contributed by atoms with van der Waals surface area (Å²) < 4.78 is 0. The van der Waals surface area contributed by atoms with E-state index in [0.29, 0.717) is 6.54 Å². The Morgan fingerprint density at radius 1 is 1.27 bits per heavy atom. The molecule has 0 spiro atoms. The van der Waals surface area contributed by atoms with Gasteiger partial charge < -0.3 is 21.7 Å². The molecule has 0 bridgehead atoms. The first-order valence-electron chi connectivity index (χ1n) is 4.81. The minimum atomic E-state index is -0.467. The van der Waals surface area contributed by atoms with Crippen molar-refractivity contribution in [2.45, 2.75) is 19.4 Å². The summed E-state index contributed by atoms with van der Waals surface area (Å²) in [6, 6.07) is 7.12. The van der Waals surface area contributed by atoms with E-state index in [1.54, 1.807) is 12.1 Å². The zero-order chi connectivity index (χ0) is 11.9. The van der Waals surface area contributed by atoms with Crippen LogP contribution in [0.5, 0.6) is 5.75 Å². The maximum atomic E-state index is 9.37. The van der Waals surface area contributed by atoms with Crippen molar-refractivity contribution in [3.8, 4) is 5.75 Å². The van der Waals surface area contributed by atoms with E-state index >= 15 is 0 Å². The second-order valence-electron chi connectivity index (χ2n) is 3.75.